The molecule has 0 unspecified atom stereocenters. The third-order valence-electron chi connectivity index (χ3n) is 1.97. The van der Waals surface area contributed by atoms with Crippen molar-refractivity contribution in [2.75, 3.05) is 7.11 Å². The van der Waals surface area contributed by atoms with Crippen molar-refractivity contribution in [1.82, 2.24) is 0 Å². The zero-order valence-corrected chi connectivity index (χ0v) is 8.78. The number of alkyl halides is 3. The van der Waals surface area contributed by atoms with Crippen LogP contribution in [0.2, 0.25) is 0 Å². The minimum absolute atomic E-state index is 0.317. The van der Waals surface area contributed by atoms with Crippen LogP contribution < -0.4 is 0 Å². The summed E-state index contributed by atoms with van der Waals surface area (Å²) in [7, 11) is 1.17. The summed E-state index contributed by atoms with van der Waals surface area (Å²) in [5.41, 5.74) is -0.471. The average molecular weight is 246 g/mol. The van der Waals surface area contributed by atoms with Crippen LogP contribution in [-0.2, 0) is 15.7 Å². The number of halogens is 3. The largest absolute Gasteiger partial charge is 0.490 e. The Labute approximate surface area is 95.1 Å². The van der Waals surface area contributed by atoms with Gasteiger partial charge in [0, 0.05) is 0 Å². The third-order valence-corrected chi connectivity index (χ3v) is 1.97. The predicted molar refractivity (Wildman–Crippen MR) is 54.1 cm³/mol. The summed E-state index contributed by atoms with van der Waals surface area (Å²) >= 11 is 0. The molecule has 1 aromatic carbocycles. The van der Waals surface area contributed by atoms with Gasteiger partial charge in [0.05, 0.1) is 12.7 Å². The first-order valence-corrected chi connectivity index (χ1v) is 4.51. The van der Waals surface area contributed by atoms with Gasteiger partial charge in [0.15, 0.2) is 0 Å². The Morgan fingerprint density at radius 1 is 1.29 bits per heavy atom. The average Bonchev–Trinajstić information content (AvgIpc) is 2.25. The van der Waals surface area contributed by atoms with E-state index >= 15 is 0 Å². The fourth-order valence-corrected chi connectivity index (χ4v) is 1.13. The van der Waals surface area contributed by atoms with E-state index in [1.165, 1.54) is 19.2 Å². The van der Waals surface area contributed by atoms with E-state index in [1.54, 1.807) is 0 Å². The smallest absolute Gasteiger partial charge is 0.416 e. The van der Waals surface area contributed by atoms with Gasteiger partial charge in [-0.25, -0.2) is 4.79 Å². The van der Waals surface area contributed by atoms with Gasteiger partial charge < -0.3 is 9.84 Å². The van der Waals surface area contributed by atoms with Crippen LogP contribution in [0, 0.1) is 0 Å². The van der Waals surface area contributed by atoms with Crippen LogP contribution in [0.5, 0.6) is 0 Å². The minimum atomic E-state index is -4.40. The van der Waals surface area contributed by atoms with Crippen LogP contribution in [0.1, 0.15) is 11.1 Å². The number of hydrogen-bond donors (Lipinski definition) is 1. The molecule has 1 aromatic rings. The zero-order chi connectivity index (χ0) is 13.1. The Kier molecular flexibility index (Phi) is 3.77. The predicted octanol–water partition coefficient (Wildman–Crippen LogP) is 2.78. The van der Waals surface area contributed by atoms with Gasteiger partial charge in [0.2, 0.25) is 5.76 Å². The monoisotopic (exact) mass is 246 g/mol. The summed E-state index contributed by atoms with van der Waals surface area (Å²) in [6, 6.07) is 4.09. The van der Waals surface area contributed by atoms with Crippen LogP contribution in [-0.4, -0.2) is 18.2 Å². The molecule has 0 atom stereocenters. The third kappa shape index (κ3) is 3.51. The molecule has 1 rings (SSSR count). The normalized spacial score (nSPS) is 12.4. The lowest BCUT2D eigenvalue weighted by atomic mass is 10.1. The van der Waals surface area contributed by atoms with Crippen molar-refractivity contribution in [3.63, 3.8) is 0 Å². The number of carboxylic acid groups (broad SMARTS) is 1. The molecule has 6 heteroatoms. The highest BCUT2D eigenvalue weighted by molar-refractivity contribution is 5.89. The molecule has 0 fully saturated rings. The first-order valence-electron chi connectivity index (χ1n) is 4.51. The molecular weight excluding hydrogens is 237 g/mol. The van der Waals surface area contributed by atoms with Crippen molar-refractivity contribution in [2.45, 2.75) is 6.18 Å². The van der Waals surface area contributed by atoms with Gasteiger partial charge in [-0.3, -0.25) is 0 Å². The molecule has 1 N–H and O–H groups in total. The molecule has 0 aromatic heterocycles. The topological polar surface area (TPSA) is 46.5 Å². The van der Waals surface area contributed by atoms with E-state index in [4.69, 9.17) is 5.11 Å². The molecule has 0 aliphatic rings. The fourth-order valence-electron chi connectivity index (χ4n) is 1.13. The first kappa shape index (κ1) is 13.1. The molecule has 0 saturated heterocycles. The summed E-state index contributed by atoms with van der Waals surface area (Å²) in [6.45, 7) is 0. The highest BCUT2D eigenvalue weighted by atomic mass is 19.4. The molecule has 0 saturated carbocycles. The lowest BCUT2D eigenvalue weighted by Crippen LogP contribution is -2.04. The van der Waals surface area contributed by atoms with E-state index in [0.29, 0.717) is 5.56 Å². The second kappa shape index (κ2) is 4.90. The quantitative estimate of drug-likeness (QED) is 0.659. The summed E-state index contributed by atoms with van der Waals surface area (Å²) in [6.07, 6.45) is -3.26. The summed E-state index contributed by atoms with van der Waals surface area (Å²) in [4.78, 5) is 10.6. The summed E-state index contributed by atoms with van der Waals surface area (Å²) in [5.74, 6) is -1.63. The van der Waals surface area contributed by atoms with E-state index in [9.17, 15) is 18.0 Å². The van der Waals surface area contributed by atoms with Crippen LogP contribution in [0.25, 0.3) is 6.08 Å². The molecule has 0 aliphatic carbocycles. The van der Waals surface area contributed by atoms with Crippen molar-refractivity contribution >= 4 is 12.0 Å². The lowest BCUT2D eigenvalue weighted by Gasteiger charge is -2.06. The molecule has 0 heterocycles. The number of aliphatic carboxylic acids is 1. The molecule has 0 spiro atoms. The minimum Gasteiger partial charge on any atom is -0.490 e. The highest BCUT2D eigenvalue weighted by Crippen LogP contribution is 2.29. The second-order valence-corrected chi connectivity index (χ2v) is 3.14. The van der Waals surface area contributed by atoms with E-state index < -0.39 is 17.7 Å². The number of carboxylic acids is 1. The van der Waals surface area contributed by atoms with Gasteiger partial charge >= 0.3 is 12.1 Å². The maximum Gasteiger partial charge on any atom is 0.416 e. The van der Waals surface area contributed by atoms with E-state index in [-0.39, 0.29) is 5.76 Å². The number of hydrogen-bond acceptors (Lipinski definition) is 2. The van der Waals surface area contributed by atoms with Crippen molar-refractivity contribution in [3.05, 3.63) is 41.2 Å². The van der Waals surface area contributed by atoms with Crippen LogP contribution in [0.15, 0.2) is 30.0 Å². The molecule has 0 amide bonds. The molecule has 0 bridgehead atoms. The number of benzene rings is 1. The SMILES string of the molecule is CO/C(=C\c1ccc(C(F)(F)F)cc1)C(=O)O. The standard InChI is InChI=1S/C11H9F3O3/c1-17-9(10(15)16)6-7-2-4-8(5-3-7)11(12,13)14/h2-6H,1H3,(H,15,16)/b9-6-. The Morgan fingerprint density at radius 2 is 1.82 bits per heavy atom. The lowest BCUT2D eigenvalue weighted by molar-refractivity contribution is -0.138. The molecular formula is C11H9F3O3. The van der Waals surface area contributed by atoms with Gasteiger partial charge in [-0.05, 0) is 23.8 Å². The second-order valence-electron chi connectivity index (χ2n) is 3.14. The van der Waals surface area contributed by atoms with E-state index in [1.807, 2.05) is 0 Å². The van der Waals surface area contributed by atoms with Crippen LogP contribution >= 0.6 is 0 Å². The highest BCUT2D eigenvalue weighted by Gasteiger charge is 2.29. The number of carbonyl (C=O) groups is 1. The van der Waals surface area contributed by atoms with Crippen molar-refractivity contribution in [3.8, 4) is 0 Å². The van der Waals surface area contributed by atoms with Gasteiger partial charge in [-0.15, -0.1) is 0 Å². The molecule has 0 radical (unpaired) electrons. The maximum atomic E-state index is 12.2. The van der Waals surface area contributed by atoms with Crippen molar-refractivity contribution in [2.24, 2.45) is 0 Å². The number of methoxy groups -OCH3 is 1. The van der Waals surface area contributed by atoms with Gasteiger partial charge in [0.1, 0.15) is 0 Å². The van der Waals surface area contributed by atoms with Crippen LogP contribution in [0.4, 0.5) is 13.2 Å². The molecule has 92 valence electrons. The summed E-state index contributed by atoms with van der Waals surface area (Å²) < 4.78 is 41.3. The zero-order valence-electron chi connectivity index (χ0n) is 8.78. The van der Waals surface area contributed by atoms with Crippen molar-refractivity contribution in [1.29, 1.82) is 0 Å². The number of ether oxygens (including phenoxy) is 1. The van der Waals surface area contributed by atoms with Gasteiger partial charge in [0.25, 0.3) is 0 Å². The Hall–Kier alpha value is -1.98. The van der Waals surface area contributed by atoms with E-state index in [0.717, 1.165) is 18.2 Å². The van der Waals surface area contributed by atoms with Crippen molar-refractivity contribution < 1.29 is 27.8 Å². The van der Waals surface area contributed by atoms with Gasteiger partial charge in [-0.1, -0.05) is 12.1 Å². The summed E-state index contributed by atoms with van der Waals surface area (Å²) in [5, 5.41) is 8.65. The first-order chi connectivity index (χ1) is 7.84. The molecule has 3 nitrogen and oxygen atoms in total. The van der Waals surface area contributed by atoms with E-state index in [2.05, 4.69) is 4.74 Å². The number of rotatable bonds is 3. The molecule has 17 heavy (non-hydrogen) atoms. The Morgan fingerprint density at radius 3 is 2.18 bits per heavy atom. The van der Waals surface area contributed by atoms with Crippen LogP contribution in [0.3, 0.4) is 0 Å². The Balaban J connectivity index is 3.00. The fraction of sp³-hybridized carbons (Fsp3) is 0.182. The molecule has 0 aliphatic heterocycles. The maximum absolute atomic E-state index is 12.2. The van der Waals surface area contributed by atoms with Gasteiger partial charge in [-0.2, -0.15) is 13.2 Å². The Bertz CT molecular complexity index is 432.